The zero-order chi connectivity index (χ0) is 12.1. The van der Waals surface area contributed by atoms with Crippen molar-refractivity contribution in [1.29, 1.82) is 0 Å². The van der Waals surface area contributed by atoms with Gasteiger partial charge in [0.2, 0.25) is 5.96 Å². The van der Waals surface area contributed by atoms with Crippen molar-refractivity contribution in [3.8, 4) is 0 Å². The van der Waals surface area contributed by atoms with Gasteiger partial charge in [0.05, 0.1) is 6.34 Å². The van der Waals surface area contributed by atoms with Crippen molar-refractivity contribution < 1.29 is 18.0 Å². The van der Waals surface area contributed by atoms with E-state index in [1.54, 1.807) is 0 Å². The SMILES string of the molecule is CN1C=NC2=NC(N)=NC(=O)C21C(F)(F)F. The fraction of sp³-hybridized carbons (Fsp3) is 0.429. The Bertz CT molecular complexity index is 451. The third-order valence-corrected chi connectivity index (χ3v) is 2.36. The first-order valence-electron chi connectivity index (χ1n) is 4.11. The number of carbonyl (C=O) groups excluding carboxylic acids is 1. The van der Waals surface area contributed by atoms with E-state index in [4.69, 9.17) is 5.73 Å². The number of amides is 1. The normalized spacial score (nSPS) is 29.0. The van der Waals surface area contributed by atoms with Crippen molar-refractivity contribution in [3.05, 3.63) is 0 Å². The lowest BCUT2D eigenvalue weighted by Gasteiger charge is -2.35. The lowest BCUT2D eigenvalue weighted by molar-refractivity contribution is -0.193. The summed E-state index contributed by atoms with van der Waals surface area (Å²) in [5.41, 5.74) is 2.19. The van der Waals surface area contributed by atoms with E-state index in [-0.39, 0.29) is 0 Å². The predicted octanol–water partition coefficient (Wildman–Crippen LogP) is -0.485. The average Bonchev–Trinajstić information content (AvgIpc) is 2.42. The number of nitrogens with two attached hydrogens (primary N) is 1. The molecule has 2 heterocycles. The number of amidine groups is 1. The van der Waals surface area contributed by atoms with Crippen LogP contribution in [0.1, 0.15) is 0 Å². The number of halogens is 3. The second kappa shape index (κ2) is 2.80. The molecule has 0 fully saturated rings. The number of alkyl halides is 3. The standard InChI is InChI=1S/C7H6F3N5O/c1-15-2-12-3-6(15,7(8,9)10)4(16)14-5(11)13-3/h2H,1H3,(H2,11,14,16). The maximum absolute atomic E-state index is 13.0. The minimum atomic E-state index is -4.86. The molecule has 0 radical (unpaired) electrons. The van der Waals surface area contributed by atoms with Gasteiger partial charge in [-0.2, -0.15) is 23.2 Å². The largest absolute Gasteiger partial charge is 0.428 e. The predicted molar refractivity (Wildman–Crippen MR) is 49.1 cm³/mol. The molecular formula is C7H6F3N5O. The topological polar surface area (TPSA) is 83.4 Å². The van der Waals surface area contributed by atoms with Gasteiger partial charge in [0.25, 0.3) is 11.4 Å². The molecule has 0 saturated carbocycles. The van der Waals surface area contributed by atoms with E-state index >= 15 is 0 Å². The third kappa shape index (κ3) is 1.02. The third-order valence-electron chi connectivity index (χ3n) is 2.36. The maximum atomic E-state index is 13.0. The Morgan fingerprint density at radius 1 is 1.44 bits per heavy atom. The van der Waals surface area contributed by atoms with E-state index in [1.165, 1.54) is 0 Å². The average molecular weight is 233 g/mol. The monoisotopic (exact) mass is 233 g/mol. The fourth-order valence-corrected chi connectivity index (χ4v) is 1.60. The van der Waals surface area contributed by atoms with Crippen LogP contribution in [0, 0.1) is 0 Å². The maximum Gasteiger partial charge on any atom is 0.428 e. The Balaban J connectivity index is 2.66. The van der Waals surface area contributed by atoms with Crippen LogP contribution in [-0.2, 0) is 4.79 Å². The lowest BCUT2D eigenvalue weighted by atomic mass is 9.95. The first-order chi connectivity index (χ1) is 7.30. The van der Waals surface area contributed by atoms with Crippen LogP contribution in [0.3, 0.4) is 0 Å². The van der Waals surface area contributed by atoms with Gasteiger partial charge in [0, 0.05) is 7.05 Å². The van der Waals surface area contributed by atoms with E-state index < -0.39 is 29.4 Å². The van der Waals surface area contributed by atoms with Crippen LogP contribution in [-0.4, -0.2) is 47.7 Å². The van der Waals surface area contributed by atoms with Crippen molar-refractivity contribution in [1.82, 2.24) is 4.90 Å². The molecule has 2 aliphatic heterocycles. The zero-order valence-electron chi connectivity index (χ0n) is 7.99. The van der Waals surface area contributed by atoms with E-state index in [2.05, 4.69) is 15.0 Å². The van der Waals surface area contributed by atoms with Crippen LogP contribution in [0.4, 0.5) is 13.2 Å². The minimum absolute atomic E-state index is 0.521. The van der Waals surface area contributed by atoms with Crippen molar-refractivity contribution in [2.75, 3.05) is 7.05 Å². The molecule has 2 N–H and O–H groups in total. The molecule has 0 aromatic carbocycles. The van der Waals surface area contributed by atoms with Crippen LogP contribution in [0.2, 0.25) is 0 Å². The first-order valence-corrected chi connectivity index (χ1v) is 4.11. The molecule has 2 rings (SSSR count). The van der Waals surface area contributed by atoms with Gasteiger partial charge in [0.15, 0.2) is 5.84 Å². The van der Waals surface area contributed by atoms with Crippen LogP contribution in [0.15, 0.2) is 15.0 Å². The van der Waals surface area contributed by atoms with Gasteiger partial charge in [-0.25, -0.2) is 4.99 Å². The summed E-state index contributed by atoms with van der Waals surface area (Å²) in [4.78, 5) is 21.9. The summed E-state index contributed by atoms with van der Waals surface area (Å²) in [5, 5.41) is 0. The summed E-state index contributed by atoms with van der Waals surface area (Å²) in [6.07, 6.45) is -3.99. The van der Waals surface area contributed by atoms with Crippen LogP contribution in [0.25, 0.3) is 0 Å². The van der Waals surface area contributed by atoms with Gasteiger partial charge >= 0.3 is 6.18 Å². The number of carbonyl (C=O) groups is 1. The Morgan fingerprint density at radius 2 is 2.06 bits per heavy atom. The number of hydrogen-bond donors (Lipinski definition) is 1. The molecule has 16 heavy (non-hydrogen) atoms. The Labute approximate surface area is 87.4 Å². The number of nitrogens with zero attached hydrogens (tertiary/aromatic N) is 4. The molecule has 0 spiro atoms. The highest BCUT2D eigenvalue weighted by Crippen LogP contribution is 2.40. The zero-order valence-corrected chi connectivity index (χ0v) is 7.99. The molecule has 0 bridgehead atoms. The molecule has 0 saturated heterocycles. The van der Waals surface area contributed by atoms with Crippen molar-refractivity contribution in [3.63, 3.8) is 0 Å². The van der Waals surface area contributed by atoms with Crippen LogP contribution in [0.5, 0.6) is 0 Å². The highest BCUT2D eigenvalue weighted by Gasteiger charge is 2.69. The number of likely N-dealkylation sites (N-methyl/N-ethyl adjacent to an activating group) is 1. The number of hydrogen-bond acceptors (Lipinski definition) is 5. The van der Waals surface area contributed by atoms with Gasteiger partial charge in [-0.05, 0) is 0 Å². The molecule has 9 heteroatoms. The Kier molecular flexibility index (Phi) is 1.85. The smallest absolute Gasteiger partial charge is 0.368 e. The van der Waals surface area contributed by atoms with E-state index in [0.29, 0.717) is 4.90 Å². The van der Waals surface area contributed by atoms with Gasteiger partial charge < -0.3 is 10.6 Å². The summed E-state index contributed by atoms with van der Waals surface area (Å²) >= 11 is 0. The summed E-state index contributed by atoms with van der Waals surface area (Å²) < 4.78 is 38.9. The van der Waals surface area contributed by atoms with E-state index in [9.17, 15) is 18.0 Å². The van der Waals surface area contributed by atoms with Gasteiger partial charge in [-0.3, -0.25) is 4.79 Å². The summed E-state index contributed by atoms with van der Waals surface area (Å²) in [6.45, 7) is 0. The lowest BCUT2D eigenvalue weighted by Crippen LogP contribution is -2.65. The highest BCUT2D eigenvalue weighted by atomic mass is 19.4. The quantitative estimate of drug-likeness (QED) is 0.613. The number of fused-ring (bicyclic) bond motifs is 1. The summed E-state index contributed by atoms with van der Waals surface area (Å²) in [6, 6.07) is 0. The van der Waals surface area contributed by atoms with E-state index in [1.807, 2.05) is 0 Å². The van der Waals surface area contributed by atoms with Crippen LogP contribution >= 0.6 is 0 Å². The molecule has 1 unspecified atom stereocenters. The second-order valence-electron chi connectivity index (χ2n) is 3.27. The van der Waals surface area contributed by atoms with Crippen molar-refractivity contribution in [2.45, 2.75) is 11.7 Å². The number of guanidine groups is 1. The molecular weight excluding hydrogens is 227 g/mol. The van der Waals surface area contributed by atoms with Gasteiger partial charge in [-0.1, -0.05) is 0 Å². The highest BCUT2D eigenvalue weighted by molar-refractivity contribution is 6.25. The molecule has 0 aromatic heterocycles. The van der Waals surface area contributed by atoms with Crippen molar-refractivity contribution >= 4 is 24.0 Å². The molecule has 0 aromatic rings. The fourth-order valence-electron chi connectivity index (χ4n) is 1.60. The van der Waals surface area contributed by atoms with Gasteiger partial charge in [0.1, 0.15) is 0 Å². The van der Waals surface area contributed by atoms with Gasteiger partial charge in [-0.15, -0.1) is 0 Å². The van der Waals surface area contributed by atoms with E-state index in [0.717, 1.165) is 13.4 Å². The Morgan fingerprint density at radius 3 is 2.62 bits per heavy atom. The van der Waals surface area contributed by atoms with Crippen molar-refractivity contribution in [2.24, 2.45) is 20.7 Å². The molecule has 6 nitrogen and oxygen atoms in total. The number of aliphatic imine (C=N–C) groups is 3. The molecule has 2 aliphatic rings. The summed E-state index contributed by atoms with van der Waals surface area (Å²) in [7, 11) is 1.08. The number of rotatable bonds is 0. The molecule has 1 amide bonds. The minimum Gasteiger partial charge on any atom is -0.368 e. The molecule has 1 atom stereocenters. The molecule has 86 valence electrons. The first kappa shape index (κ1) is 10.6. The molecule has 0 aliphatic carbocycles. The van der Waals surface area contributed by atoms with Crippen LogP contribution < -0.4 is 5.73 Å². The second-order valence-corrected chi connectivity index (χ2v) is 3.27. The summed E-state index contributed by atoms with van der Waals surface area (Å²) in [5.74, 6) is -2.64. The Hall–Kier alpha value is -1.93.